The first-order valence-electron chi connectivity index (χ1n) is 8.53. The van der Waals surface area contributed by atoms with Gasteiger partial charge in [0.1, 0.15) is 5.69 Å². The molecule has 0 spiro atoms. The van der Waals surface area contributed by atoms with Crippen molar-refractivity contribution in [2.45, 2.75) is 19.3 Å². The first-order chi connectivity index (χ1) is 13.0. The van der Waals surface area contributed by atoms with Crippen molar-refractivity contribution in [3.63, 3.8) is 0 Å². The molecule has 1 aromatic carbocycles. The largest absolute Gasteiger partial charge is 0.354 e. The summed E-state index contributed by atoms with van der Waals surface area (Å²) >= 11 is 0. The summed E-state index contributed by atoms with van der Waals surface area (Å²) in [5, 5.41) is 14.2. The lowest BCUT2D eigenvalue weighted by Crippen LogP contribution is -2.21. The Morgan fingerprint density at radius 1 is 1.19 bits per heavy atom. The van der Waals surface area contributed by atoms with Crippen LogP contribution in [0.5, 0.6) is 0 Å². The van der Waals surface area contributed by atoms with Crippen LogP contribution in [0.25, 0.3) is 0 Å². The quantitative estimate of drug-likeness (QED) is 0.666. The maximum absolute atomic E-state index is 12.7. The summed E-state index contributed by atoms with van der Waals surface area (Å²) in [7, 11) is 3.17. The third kappa shape index (κ3) is 4.22. The molecule has 0 fully saturated rings. The molecule has 0 radical (unpaired) electrons. The van der Waals surface area contributed by atoms with Crippen molar-refractivity contribution in [1.29, 1.82) is 0 Å². The molecule has 1 N–H and O–H groups in total. The Bertz CT molecular complexity index is 967. The molecular formula is C19H20N6O2. The molecule has 27 heavy (non-hydrogen) atoms. The van der Waals surface area contributed by atoms with Crippen LogP contribution in [0.1, 0.15) is 50.8 Å². The predicted octanol–water partition coefficient (Wildman–Crippen LogP) is 1.54. The molecule has 2 aromatic heterocycles. The van der Waals surface area contributed by atoms with Gasteiger partial charge >= 0.3 is 0 Å². The number of nitrogens with one attached hydrogen (secondary N) is 1. The van der Waals surface area contributed by atoms with Gasteiger partial charge in [-0.1, -0.05) is 37.3 Å². The summed E-state index contributed by atoms with van der Waals surface area (Å²) in [4.78, 5) is 30.6. The maximum atomic E-state index is 12.7. The number of Topliss-reactive ketones (excluding diaryl/α,β-unsaturated/α-hetero) is 1. The number of benzene rings is 1. The molecular weight excluding hydrogens is 344 g/mol. The molecule has 0 aliphatic rings. The van der Waals surface area contributed by atoms with E-state index in [1.807, 2.05) is 37.3 Å². The van der Waals surface area contributed by atoms with E-state index in [0.29, 0.717) is 17.1 Å². The van der Waals surface area contributed by atoms with E-state index in [4.69, 9.17) is 0 Å². The van der Waals surface area contributed by atoms with Crippen LogP contribution < -0.4 is 5.32 Å². The van der Waals surface area contributed by atoms with E-state index in [9.17, 15) is 9.59 Å². The van der Waals surface area contributed by atoms with E-state index in [-0.39, 0.29) is 29.7 Å². The summed E-state index contributed by atoms with van der Waals surface area (Å²) < 4.78 is 0. The molecule has 1 atom stereocenters. The van der Waals surface area contributed by atoms with Crippen molar-refractivity contribution in [3.05, 3.63) is 70.8 Å². The number of ketones is 1. The summed E-state index contributed by atoms with van der Waals surface area (Å²) in [6.45, 7) is 1.99. The molecule has 138 valence electrons. The average Bonchev–Trinajstić information content (AvgIpc) is 3.11. The van der Waals surface area contributed by atoms with Gasteiger partial charge in [0, 0.05) is 24.2 Å². The van der Waals surface area contributed by atoms with Crippen LogP contribution in [0.3, 0.4) is 0 Å². The lowest BCUT2D eigenvalue weighted by Gasteiger charge is -2.14. The monoisotopic (exact) mass is 364 g/mol. The summed E-state index contributed by atoms with van der Waals surface area (Å²) in [5.41, 5.74) is 2.30. The number of carbonyl (C=O) groups is 2. The summed E-state index contributed by atoms with van der Waals surface area (Å²) in [5.74, 6) is -0.281. The van der Waals surface area contributed by atoms with Crippen molar-refractivity contribution in [3.8, 4) is 0 Å². The van der Waals surface area contributed by atoms with E-state index >= 15 is 0 Å². The van der Waals surface area contributed by atoms with Crippen LogP contribution in [-0.2, 0) is 13.5 Å². The Morgan fingerprint density at radius 3 is 2.56 bits per heavy atom. The highest BCUT2D eigenvalue weighted by atomic mass is 16.1. The number of hydrogen-bond donors (Lipinski definition) is 1. The molecule has 3 aromatic rings. The minimum Gasteiger partial charge on any atom is -0.354 e. The van der Waals surface area contributed by atoms with Gasteiger partial charge in [0.2, 0.25) is 0 Å². The number of rotatable bonds is 6. The molecule has 0 aliphatic carbocycles. The van der Waals surface area contributed by atoms with Crippen molar-refractivity contribution in [1.82, 2.24) is 30.5 Å². The van der Waals surface area contributed by atoms with Gasteiger partial charge in [0.25, 0.3) is 5.91 Å². The molecule has 0 saturated heterocycles. The molecule has 0 unspecified atom stereocenters. The number of hydrogen-bond acceptors (Lipinski definition) is 6. The molecule has 8 heteroatoms. The molecule has 1 amide bonds. The van der Waals surface area contributed by atoms with Gasteiger partial charge in [-0.3, -0.25) is 9.59 Å². The van der Waals surface area contributed by atoms with E-state index in [1.165, 1.54) is 17.9 Å². The van der Waals surface area contributed by atoms with Gasteiger partial charge in [-0.25, -0.2) is 4.98 Å². The van der Waals surface area contributed by atoms with E-state index in [1.54, 1.807) is 13.1 Å². The highest BCUT2D eigenvalue weighted by Crippen LogP contribution is 2.24. The SMILES string of the molecule is CNC(=O)c1cc(C(=O)Cc2nnn(C)n2)cc([C@@H](C)c2ccccc2)n1. The molecule has 0 aliphatic heterocycles. The van der Waals surface area contributed by atoms with Crippen LogP contribution in [0.15, 0.2) is 42.5 Å². The lowest BCUT2D eigenvalue weighted by molar-refractivity contribution is 0.0958. The second-order valence-electron chi connectivity index (χ2n) is 6.17. The fraction of sp³-hybridized carbons (Fsp3) is 0.263. The van der Waals surface area contributed by atoms with Crippen LogP contribution in [0.4, 0.5) is 0 Å². The summed E-state index contributed by atoms with van der Waals surface area (Å²) in [6, 6.07) is 13.0. The lowest BCUT2D eigenvalue weighted by atomic mass is 9.95. The van der Waals surface area contributed by atoms with Crippen LogP contribution >= 0.6 is 0 Å². The fourth-order valence-electron chi connectivity index (χ4n) is 2.73. The number of pyridine rings is 1. The molecule has 0 saturated carbocycles. The smallest absolute Gasteiger partial charge is 0.269 e. The topological polar surface area (TPSA) is 103 Å². The van der Waals surface area contributed by atoms with Crippen molar-refractivity contribution in [2.75, 3.05) is 7.05 Å². The van der Waals surface area contributed by atoms with Crippen molar-refractivity contribution >= 4 is 11.7 Å². The Balaban J connectivity index is 1.97. The van der Waals surface area contributed by atoms with Gasteiger partial charge < -0.3 is 5.32 Å². The first-order valence-corrected chi connectivity index (χ1v) is 8.53. The normalized spacial score (nSPS) is 11.8. The zero-order valence-electron chi connectivity index (χ0n) is 15.4. The summed E-state index contributed by atoms with van der Waals surface area (Å²) in [6.07, 6.45) is 0.00416. The van der Waals surface area contributed by atoms with Crippen molar-refractivity contribution in [2.24, 2.45) is 7.05 Å². The van der Waals surface area contributed by atoms with Gasteiger partial charge in [-0.05, 0) is 22.9 Å². The Labute approximate surface area is 156 Å². The standard InChI is InChI=1S/C19H20N6O2/c1-12(13-7-5-4-6-8-13)15-9-14(10-16(21-15)19(27)20-2)17(26)11-18-22-24-25(3)23-18/h4-10,12H,11H2,1-3H3,(H,20,27)/t12-/m0/s1. The van der Waals surface area contributed by atoms with Gasteiger partial charge in [0.05, 0.1) is 13.5 Å². The number of tetrazole rings is 1. The minimum atomic E-state index is -0.344. The highest BCUT2D eigenvalue weighted by Gasteiger charge is 2.19. The first kappa shape index (κ1) is 18.4. The number of aryl methyl sites for hydroxylation is 1. The third-order valence-corrected chi connectivity index (χ3v) is 4.24. The van der Waals surface area contributed by atoms with Gasteiger partial charge in [0.15, 0.2) is 11.6 Å². The Morgan fingerprint density at radius 2 is 1.93 bits per heavy atom. The van der Waals surface area contributed by atoms with Crippen LogP contribution in [-0.4, -0.2) is 43.9 Å². The van der Waals surface area contributed by atoms with Gasteiger partial charge in [-0.15, -0.1) is 10.2 Å². The van der Waals surface area contributed by atoms with Gasteiger partial charge in [-0.2, -0.15) is 4.80 Å². The van der Waals surface area contributed by atoms with E-state index in [0.717, 1.165) is 5.56 Å². The molecule has 3 rings (SSSR count). The van der Waals surface area contributed by atoms with E-state index < -0.39 is 0 Å². The Kier molecular flexibility index (Phi) is 5.35. The zero-order valence-corrected chi connectivity index (χ0v) is 15.4. The second kappa shape index (κ2) is 7.86. The Hall–Kier alpha value is -3.42. The molecule has 0 bridgehead atoms. The zero-order chi connectivity index (χ0) is 19.4. The minimum absolute atomic E-state index is 0.00416. The van der Waals surface area contributed by atoms with Crippen LogP contribution in [0, 0.1) is 0 Å². The molecule has 8 nitrogen and oxygen atoms in total. The highest BCUT2D eigenvalue weighted by molar-refractivity contribution is 6.00. The van der Waals surface area contributed by atoms with E-state index in [2.05, 4.69) is 25.7 Å². The number of carbonyl (C=O) groups excluding carboxylic acids is 2. The fourth-order valence-corrected chi connectivity index (χ4v) is 2.73. The predicted molar refractivity (Wildman–Crippen MR) is 98.4 cm³/mol. The average molecular weight is 364 g/mol. The maximum Gasteiger partial charge on any atom is 0.269 e. The number of amides is 1. The van der Waals surface area contributed by atoms with Crippen LogP contribution in [0.2, 0.25) is 0 Å². The van der Waals surface area contributed by atoms with Crippen molar-refractivity contribution < 1.29 is 9.59 Å². The number of aromatic nitrogens is 5. The molecule has 2 heterocycles. The second-order valence-corrected chi connectivity index (χ2v) is 6.17. The third-order valence-electron chi connectivity index (χ3n) is 4.24. The number of nitrogens with zero attached hydrogens (tertiary/aromatic N) is 5.